The van der Waals surface area contributed by atoms with Crippen LogP contribution in [0.3, 0.4) is 0 Å². The fourth-order valence-electron chi connectivity index (χ4n) is 3.72. The molecule has 0 bridgehead atoms. The molecule has 11 heteroatoms. The molecule has 4 rings (SSSR count). The molecule has 4 aromatic carbocycles. The van der Waals surface area contributed by atoms with Crippen molar-refractivity contribution in [3.05, 3.63) is 96.1 Å². The van der Waals surface area contributed by atoms with E-state index in [9.17, 15) is 26.4 Å². The first-order valence-electron chi connectivity index (χ1n) is 11.7. The SMILES string of the molecule is Cc1cc(Sc2cc(Oc3ccc(C(F)(F)F)cc3)cc(-c3ccc(S(C)(=O)=O)cc3)c2)ccc1OCC(=O)O. The Morgan fingerprint density at radius 2 is 1.52 bits per heavy atom. The Bertz CT molecular complexity index is 1630. The van der Waals surface area contributed by atoms with Crippen LogP contribution in [0.2, 0.25) is 0 Å². The molecule has 208 valence electrons. The van der Waals surface area contributed by atoms with Gasteiger partial charge in [0.15, 0.2) is 16.4 Å². The molecule has 0 saturated carbocycles. The minimum atomic E-state index is -4.47. The zero-order valence-corrected chi connectivity index (χ0v) is 22.9. The van der Waals surface area contributed by atoms with E-state index in [1.54, 1.807) is 43.3 Å². The average molecular weight is 589 g/mol. The standard InChI is InChI=1S/C29H23F3O6S2/c1-18-13-24(9-12-27(18)37-17-28(33)34)39-25-15-20(19-3-10-26(11-4-19)40(2,35)36)14-23(16-25)38-22-7-5-21(6-8-22)29(30,31)32/h3-16H,17H2,1-2H3,(H,33,34). The highest BCUT2D eigenvalue weighted by Gasteiger charge is 2.30. The number of carboxylic acid groups (broad SMARTS) is 1. The highest BCUT2D eigenvalue weighted by molar-refractivity contribution is 7.99. The van der Waals surface area contributed by atoms with Gasteiger partial charge in [-0.15, -0.1) is 0 Å². The van der Waals surface area contributed by atoms with Crippen LogP contribution in [0, 0.1) is 6.92 Å². The summed E-state index contributed by atoms with van der Waals surface area (Å²) >= 11 is 1.39. The number of ether oxygens (including phenoxy) is 2. The quantitative estimate of drug-likeness (QED) is 0.217. The summed E-state index contributed by atoms with van der Waals surface area (Å²) in [5.74, 6) is -0.0630. The summed E-state index contributed by atoms with van der Waals surface area (Å²) in [6.07, 6.45) is -3.35. The molecule has 0 atom stereocenters. The number of hydrogen-bond acceptors (Lipinski definition) is 6. The second kappa shape index (κ2) is 11.6. The van der Waals surface area contributed by atoms with Gasteiger partial charge in [-0.2, -0.15) is 13.2 Å². The molecule has 0 aromatic heterocycles. The van der Waals surface area contributed by atoms with Crippen molar-refractivity contribution in [1.82, 2.24) is 0 Å². The van der Waals surface area contributed by atoms with Crippen LogP contribution < -0.4 is 9.47 Å². The van der Waals surface area contributed by atoms with Gasteiger partial charge in [0.1, 0.15) is 17.2 Å². The zero-order valence-electron chi connectivity index (χ0n) is 21.2. The number of halogens is 3. The van der Waals surface area contributed by atoms with Crippen molar-refractivity contribution >= 4 is 27.6 Å². The number of hydrogen-bond donors (Lipinski definition) is 1. The molecule has 4 aromatic rings. The normalized spacial score (nSPS) is 11.7. The summed E-state index contributed by atoms with van der Waals surface area (Å²) in [7, 11) is -3.38. The molecule has 6 nitrogen and oxygen atoms in total. The number of benzene rings is 4. The van der Waals surface area contributed by atoms with E-state index in [-0.39, 0.29) is 10.6 Å². The van der Waals surface area contributed by atoms with Gasteiger partial charge >= 0.3 is 12.1 Å². The maximum absolute atomic E-state index is 13.0. The van der Waals surface area contributed by atoms with E-state index in [1.807, 2.05) is 12.1 Å². The Hall–Kier alpha value is -3.96. The number of sulfone groups is 1. The lowest BCUT2D eigenvalue weighted by molar-refractivity contribution is -0.139. The molecule has 0 saturated heterocycles. The van der Waals surface area contributed by atoms with E-state index in [2.05, 4.69) is 0 Å². The molecule has 0 heterocycles. The minimum absolute atomic E-state index is 0.170. The Labute approximate surface area is 233 Å². The fourth-order valence-corrected chi connectivity index (χ4v) is 5.36. The maximum Gasteiger partial charge on any atom is 0.416 e. The highest BCUT2D eigenvalue weighted by atomic mass is 32.2. The van der Waals surface area contributed by atoms with Gasteiger partial charge in [-0.25, -0.2) is 13.2 Å². The van der Waals surface area contributed by atoms with E-state index in [1.165, 1.54) is 36.0 Å². The third-order valence-electron chi connectivity index (χ3n) is 5.65. The third-order valence-corrected chi connectivity index (χ3v) is 7.74. The first kappa shape index (κ1) is 29.0. The fraction of sp³-hybridized carbons (Fsp3) is 0.138. The van der Waals surface area contributed by atoms with Crippen LogP contribution in [-0.4, -0.2) is 32.4 Å². The van der Waals surface area contributed by atoms with Gasteiger partial charge in [-0.1, -0.05) is 23.9 Å². The molecule has 1 N–H and O–H groups in total. The molecule has 0 aliphatic rings. The topological polar surface area (TPSA) is 89.9 Å². The molecule has 0 aliphatic carbocycles. The molecule has 0 amide bonds. The second-order valence-electron chi connectivity index (χ2n) is 8.83. The Balaban J connectivity index is 1.67. The molecule has 0 aliphatic heterocycles. The van der Waals surface area contributed by atoms with Crippen molar-refractivity contribution in [2.45, 2.75) is 27.8 Å². The Morgan fingerprint density at radius 3 is 2.10 bits per heavy atom. The number of aryl methyl sites for hydroxylation is 1. The van der Waals surface area contributed by atoms with Crippen LogP contribution in [0.4, 0.5) is 13.2 Å². The van der Waals surface area contributed by atoms with Crippen molar-refractivity contribution in [3.8, 4) is 28.4 Å². The lowest BCUT2D eigenvalue weighted by Gasteiger charge is -2.13. The molecular weight excluding hydrogens is 565 g/mol. The van der Waals surface area contributed by atoms with Gasteiger partial charge in [0.05, 0.1) is 10.5 Å². The maximum atomic E-state index is 13.0. The molecule has 0 fully saturated rings. The van der Waals surface area contributed by atoms with Crippen molar-refractivity contribution in [2.24, 2.45) is 0 Å². The Kier molecular flexibility index (Phi) is 8.45. The van der Waals surface area contributed by atoms with Gasteiger partial charge in [-0.05, 0) is 96.4 Å². The summed E-state index contributed by atoms with van der Waals surface area (Å²) in [6.45, 7) is 1.33. The van der Waals surface area contributed by atoms with Crippen molar-refractivity contribution in [2.75, 3.05) is 12.9 Å². The molecular formula is C29H23F3O6S2. The smallest absolute Gasteiger partial charge is 0.416 e. The van der Waals surface area contributed by atoms with Gasteiger partial charge in [0.25, 0.3) is 0 Å². The van der Waals surface area contributed by atoms with Crippen LogP contribution >= 0.6 is 11.8 Å². The van der Waals surface area contributed by atoms with Gasteiger partial charge in [0, 0.05) is 16.0 Å². The second-order valence-corrected chi connectivity index (χ2v) is 12.0. The van der Waals surface area contributed by atoms with Gasteiger partial charge < -0.3 is 14.6 Å². The minimum Gasteiger partial charge on any atom is -0.482 e. The number of aliphatic carboxylic acids is 1. The van der Waals surface area contributed by atoms with E-state index in [0.717, 1.165) is 33.7 Å². The molecule has 0 spiro atoms. The predicted molar refractivity (Wildman–Crippen MR) is 145 cm³/mol. The lowest BCUT2D eigenvalue weighted by Crippen LogP contribution is -2.09. The molecule has 0 radical (unpaired) electrons. The summed E-state index contributed by atoms with van der Waals surface area (Å²) < 4.78 is 73.8. The van der Waals surface area contributed by atoms with Crippen LogP contribution in [0.5, 0.6) is 17.2 Å². The molecule has 40 heavy (non-hydrogen) atoms. The average Bonchev–Trinajstić information content (AvgIpc) is 2.87. The summed E-state index contributed by atoms with van der Waals surface area (Å²) in [4.78, 5) is 12.5. The number of carboxylic acids is 1. The van der Waals surface area contributed by atoms with Crippen molar-refractivity contribution in [1.29, 1.82) is 0 Å². The zero-order chi connectivity index (χ0) is 29.1. The monoisotopic (exact) mass is 588 g/mol. The van der Waals surface area contributed by atoms with Gasteiger partial charge in [0.2, 0.25) is 0 Å². The number of rotatable bonds is 9. The van der Waals surface area contributed by atoms with Gasteiger partial charge in [-0.3, -0.25) is 0 Å². The number of alkyl halides is 3. The summed E-state index contributed by atoms with van der Waals surface area (Å²) in [5.41, 5.74) is 1.35. The van der Waals surface area contributed by atoms with Crippen LogP contribution in [-0.2, 0) is 20.8 Å². The largest absolute Gasteiger partial charge is 0.482 e. The molecule has 0 unspecified atom stereocenters. The summed E-state index contributed by atoms with van der Waals surface area (Å²) in [5, 5.41) is 8.85. The van der Waals surface area contributed by atoms with E-state index >= 15 is 0 Å². The van der Waals surface area contributed by atoms with Crippen LogP contribution in [0.25, 0.3) is 11.1 Å². The van der Waals surface area contributed by atoms with E-state index in [4.69, 9.17) is 14.6 Å². The highest BCUT2D eigenvalue weighted by Crippen LogP contribution is 2.38. The first-order valence-corrected chi connectivity index (χ1v) is 14.4. The summed E-state index contributed by atoms with van der Waals surface area (Å²) in [6, 6.07) is 21.3. The number of carbonyl (C=O) groups is 1. The van der Waals surface area contributed by atoms with E-state index < -0.39 is 34.2 Å². The predicted octanol–water partition coefficient (Wildman–Crippen LogP) is 7.49. The third kappa shape index (κ3) is 7.57. The van der Waals surface area contributed by atoms with Crippen LogP contribution in [0.1, 0.15) is 11.1 Å². The van der Waals surface area contributed by atoms with E-state index in [0.29, 0.717) is 22.6 Å². The van der Waals surface area contributed by atoms with Crippen LogP contribution in [0.15, 0.2) is 99.6 Å². The Morgan fingerprint density at radius 1 is 0.850 bits per heavy atom. The first-order chi connectivity index (χ1) is 18.8. The lowest BCUT2D eigenvalue weighted by atomic mass is 10.1. The van der Waals surface area contributed by atoms with Crippen molar-refractivity contribution in [3.63, 3.8) is 0 Å². The van der Waals surface area contributed by atoms with Crippen molar-refractivity contribution < 1.29 is 41.0 Å².